The van der Waals surface area contributed by atoms with Crippen molar-refractivity contribution in [1.82, 2.24) is 15.1 Å². The Balaban J connectivity index is 2.27. The average molecular weight is 231 g/mol. The summed E-state index contributed by atoms with van der Waals surface area (Å²) in [5.41, 5.74) is 1.86. The molecule has 1 heterocycles. The van der Waals surface area contributed by atoms with Crippen molar-refractivity contribution in [3.63, 3.8) is 0 Å². The highest BCUT2D eigenvalue weighted by Crippen LogP contribution is 2.22. The number of hydrogen-bond donors (Lipinski definition) is 2. The molecule has 2 rings (SSSR count). The number of aromatic hydroxyl groups is 1. The van der Waals surface area contributed by atoms with Crippen LogP contribution in [0.5, 0.6) is 5.75 Å². The van der Waals surface area contributed by atoms with Gasteiger partial charge in [0.05, 0.1) is 6.20 Å². The van der Waals surface area contributed by atoms with E-state index >= 15 is 0 Å². The SMILES string of the molecule is CNCC(C)c1cnn(-c2ccccc2O)c1. The van der Waals surface area contributed by atoms with Crippen molar-refractivity contribution in [2.45, 2.75) is 12.8 Å². The van der Waals surface area contributed by atoms with Gasteiger partial charge < -0.3 is 10.4 Å². The van der Waals surface area contributed by atoms with E-state index in [1.807, 2.05) is 31.6 Å². The molecule has 2 aromatic rings. The van der Waals surface area contributed by atoms with Crippen LogP contribution < -0.4 is 5.32 Å². The van der Waals surface area contributed by atoms with Gasteiger partial charge in [0.1, 0.15) is 11.4 Å². The van der Waals surface area contributed by atoms with Crippen LogP contribution in [0.4, 0.5) is 0 Å². The van der Waals surface area contributed by atoms with Gasteiger partial charge in [-0.25, -0.2) is 4.68 Å². The second kappa shape index (κ2) is 5.01. The number of hydrogen-bond acceptors (Lipinski definition) is 3. The van der Waals surface area contributed by atoms with E-state index in [4.69, 9.17) is 0 Å². The van der Waals surface area contributed by atoms with Crippen molar-refractivity contribution in [2.75, 3.05) is 13.6 Å². The minimum absolute atomic E-state index is 0.239. The van der Waals surface area contributed by atoms with Gasteiger partial charge in [-0.1, -0.05) is 19.1 Å². The quantitative estimate of drug-likeness (QED) is 0.845. The predicted molar refractivity (Wildman–Crippen MR) is 67.6 cm³/mol. The minimum Gasteiger partial charge on any atom is -0.506 e. The van der Waals surface area contributed by atoms with Gasteiger partial charge in [-0.3, -0.25) is 0 Å². The highest BCUT2D eigenvalue weighted by Gasteiger charge is 2.09. The first kappa shape index (κ1) is 11.7. The molecule has 0 spiro atoms. The van der Waals surface area contributed by atoms with Crippen LogP contribution in [0.25, 0.3) is 5.69 Å². The molecule has 1 aromatic carbocycles. The van der Waals surface area contributed by atoms with Gasteiger partial charge >= 0.3 is 0 Å². The molecular formula is C13H17N3O. The summed E-state index contributed by atoms with van der Waals surface area (Å²) >= 11 is 0. The molecule has 0 fully saturated rings. The predicted octanol–water partition coefficient (Wildman–Crippen LogP) is 1.90. The maximum absolute atomic E-state index is 9.74. The highest BCUT2D eigenvalue weighted by atomic mass is 16.3. The molecule has 0 aliphatic carbocycles. The Morgan fingerprint density at radius 3 is 2.88 bits per heavy atom. The number of para-hydroxylation sites is 2. The van der Waals surface area contributed by atoms with Crippen LogP contribution >= 0.6 is 0 Å². The zero-order chi connectivity index (χ0) is 12.3. The van der Waals surface area contributed by atoms with Crippen LogP contribution in [0.2, 0.25) is 0 Å². The molecule has 0 amide bonds. The van der Waals surface area contributed by atoms with Crippen molar-refractivity contribution in [3.8, 4) is 11.4 Å². The fraction of sp³-hybridized carbons (Fsp3) is 0.308. The molecule has 90 valence electrons. The molecule has 0 saturated heterocycles. The molecule has 1 atom stereocenters. The van der Waals surface area contributed by atoms with E-state index in [1.54, 1.807) is 16.8 Å². The first-order valence-electron chi connectivity index (χ1n) is 5.70. The lowest BCUT2D eigenvalue weighted by Gasteiger charge is -2.07. The zero-order valence-electron chi connectivity index (χ0n) is 10.1. The number of likely N-dealkylation sites (N-methyl/N-ethyl adjacent to an activating group) is 1. The molecule has 0 aliphatic rings. The zero-order valence-corrected chi connectivity index (χ0v) is 10.1. The van der Waals surface area contributed by atoms with Crippen molar-refractivity contribution < 1.29 is 5.11 Å². The Kier molecular flexibility index (Phi) is 3.44. The van der Waals surface area contributed by atoms with Crippen LogP contribution in [0.15, 0.2) is 36.7 Å². The third-order valence-corrected chi connectivity index (χ3v) is 2.81. The fourth-order valence-electron chi connectivity index (χ4n) is 1.80. The monoisotopic (exact) mass is 231 g/mol. The van der Waals surface area contributed by atoms with E-state index in [2.05, 4.69) is 17.3 Å². The lowest BCUT2D eigenvalue weighted by molar-refractivity contribution is 0.470. The third-order valence-electron chi connectivity index (χ3n) is 2.81. The third kappa shape index (κ3) is 2.47. The molecule has 4 heteroatoms. The molecule has 2 N–H and O–H groups in total. The van der Waals surface area contributed by atoms with Crippen LogP contribution in [0.1, 0.15) is 18.4 Å². The van der Waals surface area contributed by atoms with E-state index in [0.717, 1.165) is 12.1 Å². The van der Waals surface area contributed by atoms with Crippen LogP contribution in [-0.4, -0.2) is 28.5 Å². The van der Waals surface area contributed by atoms with Gasteiger partial charge in [0, 0.05) is 12.7 Å². The van der Waals surface area contributed by atoms with Gasteiger partial charge in [-0.2, -0.15) is 5.10 Å². The summed E-state index contributed by atoms with van der Waals surface area (Å²) in [4.78, 5) is 0. The van der Waals surface area contributed by atoms with Gasteiger partial charge in [-0.15, -0.1) is 0 Å². The van der Waals surface area contributed by atoms with Crippen LogP contribution in [0, 0.1) is 0 Å². The summed E-state index contributed by atoms with van der Waals surface area (Å²) in [6.07, 6.45) is 3.80. The molecule has 4 nitrogen and oxygen atoms in total. The van der Waals surface area contributed by atoms with Crippen molar-refractivity contribution >= 4 is 0 Å². The molecule has 1 unspecified atom stereocenters. The fourth-order valence-corrected chi connectivity index (χ4v) is 1.80. The summed E-state index contributed by atoms with van der Waals surface area (Å²) < 4.78 is 1.71. The number of benzene rings is 1. The normalized spacial score (nSPS) is 12.6. The molecular weight excluding hydrogens is 214 g/mol. The molecule has 0 bridgehead atoms. The molecule has 0 saturated carbocycles. The van der Waals surface area contributed by atoms with E-state index in [-0.39, 0.29) is 5.75 Å². The lowest BCUT2D eigenvalue weighted by Crippen LogP contribution is -2.14. The Hall–Kier alpha value is -1.81. The van der Waals surface area contributed by atoms with Crippen molar-refractivity contribution in [2.24, 2.45) is 0 Å². The second-order valence-corrected chi connectivity index (χ2v) is 4.17. The topological polar surface area (TPSA) is 50.1 Å². The average Bonchev–Trinajstić information content (AvgIpc) is 2.79. The Morgan fingerprint density at radius 1 is 1.41 bits per heavy atom. The Bertz CT molecular complexity index is 493. The number of phenolic OH excluding ortho intramolecular Hbond substituents is 1. The first-order chi connectivity index (χ1) is 8.22. The summed E-state index contributed by atoms with van der Waals surface area (Å²) in [6, 6.07) is 7.18. The standard InChI is InChI=1S/C13H17N3O/c1-10(7-14-2)11-8-15-16(9-11)12-5-3-4-6-13(12)17/h3-6,8-10,14,17H,7H2,1-2H3. The molecule has 0 radical (unpaired) electrons. The summed E-state index contributed by atoms with van der Waals surface area (Å²) in [5.74, 6) is 0.642. The first-order valence-corrected chi connectivity index (χ1v) is 5.70. The summed E-state index contributed by atoms with van der Waals surface area (Å²) in [7, 11) is 1.93. The van der Waals surface area contributed by atoms with E-state index in [9.17, 15) is 5.11 Å². The summed E-state index contributed by atoms with van der Waals surface area (Å²) in [5, 5.41) is 17.2. The largest absolute Gasteiger partial charge is 0.506 e. The van der Waals surface area contributed by atoms with Gasteiger partial charge in [0.15, 0.2) is 0 Å². The number of rotatable bonds is 4. The Morgan fingerprint density at radius 2 is 2.18 bits per heavy atom. The number of aromatic nitrogens is 2. The molecule has 0 aliphatic heterocycles. The lowest BCUT2D eigenvalue weighted by atomic mass is 10.1. The van der Waals surface area contributed by atoms with Crippen LogP contribution in [-0.2, 0) is 0 Å². The van der Waals surface area contributed by atoms with E-state index in [0.29, 0.717) is 11.6 Å². The second-order valence-electron chi connectivity index (χ2n) is 4.17. The smallest absolute Gasteiger partial charge is 0.141 e. The number of nitrogens with zero attached hydrogens (tertiary/aromatic N) is 2. The van der Waals surface area contributed by atoms with Gasteiger partial charge in [0.25, 0.3) is 0 Å². The Labute approximate surface area is 101 Å². The van der Waals surface area contributed by atoms with E-state index in [1.165, 1.54) is 0 Å². The van der Waals surface area contributed by atoms with Gasteiger partial charge in [0.2, 0.25) is 0 Å². The summed E-state index contributed by atoms with van der Waals surface area (Å²) in [6.45, 7) is 3.05. The maximum Gasteiger partial charge on any atom is 0.141 e. The van der Waals surface area contributed by atoms with Crippen molar-refractivity contribution in [3.05, 3.63) is 42.2 Å². The highest BCUT2D eigenvalue weighted by molar-refractivity contribution is 5.45. The van der Waals surface area contributed by atoms with Crippen molar-refractivity contribution in [1.29, 1.82) is 0 Å². The van der Waals surface area contributed by atoms with E-state index < -0.39 is 0 Å². The minimum atomic E-state index is 0.239. The number of phenols is 1. The molecule has 17 heavy (non-hydrogen) atoms. The van der Waals surface area contributed by atoms with Crippen LogP contribution in [0.3, 0.4) is 0 Å². The number of nitrogens with one attached hydrogen (secondary N) is 1. The molecule has 1 aromatic heterocycles. The van der Waals surface area contributed by atoms with Gasteiger partial charge in [-0.05, 0) is 30.7 Å². The maximum atomic E-state index is 9.74.